The molecule has 0 spiro atoms. The highest BCUT2D eigenvalue weighted by atomic mass is 32.1. The molecule has 0 saturated heterocycles. The molecule has 1 heterocycles. The summed E-state index contributed by atoms with van der Waals surface area (Å²) >= 11 is 1.57. The van der Waals surface area contributed by atoms with Crippen LogP contribution in [0.15, 0.2) is 0 Å². The molecule has 1 N–H and O–H groups in total. The van der Waals surface area contributed by atoms with Gasteiger partial charge in [0.2, 0.25) is 5.91 Å². The van der Waals surface area contributed by atoms with E-state index in [-0.39, 0.29) is 18.0 Å². The van der Waals surface area contributed by atoms with Crippen molar-refractivity contribution in [3.63, 3.8) is 0 Å². The molecule has 0 radical (unpaired) electrons. The molecular formula is C21H33NO3S. The Morgan fingerprint density at radius 1 is 1.08 bits per heavy atom. The van der Waals surface area contributed by atoms with Crippen LogP contribution in [0, 0.1) is 0 Å². The number of hydrogen-bond donors (Lipinski definition) is 1. The Labute approximate surface area is 161 Å². The summed E-state index contributed by atoms with van der Waals surface area (Å²) in [5.74, 6) is -0.283. The Balaban J connectivity index is 2.08. The van der Waals surface area contributed by atoms with Gasteiger partial charge in [0, 0.05) is 11.3 Å². The van der Waals surface area contributed by atoms with Crippen molar-refractivity contribution in [1.82, 2.24) is 0 Å². The average molecular weight is 380 g/mol. The van der Waals surface area contributed by atoms with Gasteiger partial charge in [0.25, 0.3) is 0 Å². The summed E-state index contributed by atoms with van der Waals surface area (Å²) in [7, 11) is 0. The Morgan fingerprint density at radius 2 is 1.81 bits per heavy atom. The maximum atomic E-state index is 12.7. The first-order valence-electron chi connectivity index (χ1n) is 10.2. The number of carbonyl (C=O) groups excluding carboxylic acids is 2. The van der Waals surface area contributed by atoms with Gasteiger partial charge < -0.3 is 10.1 Å². The van der Waals surface area contributed by atoms with E-state index in [0.717, 1.165) is 44.1 Å². The van der Waals surface area contributed by atoms with Crippen LogP contribution in [0.3, 0.4) is 0 Å². The van der Waals surface area contributed by atoms with Crippen molar-refractivity contribution < 1.29 is 14.3 Å². The lowest BCUT2D eigenvalue weighted by Crippen LogP contribution is -2.17. The molecule has 26 heavy (non-hydrogen) atoms. The summed E-state index contributed by atoms with van der Waals surface area (Å²) in [6.45, 7) is 5.90. The number of hydrogen-bond acceptors (Lipinski definition) is 4. The van der Waals surface area contributed by atoms with Crippen LogP contribution in [0.4, 0.5) is 5.00 Å². The minimum Gasteiger partial charge on any atom is -0.459 e. The number of aryl methyl sites for hydroxylation is 1. The summed E-state index contributed by atoms with van der Waals surface area (Å²) in [4.78, 5) is 26.3. The molecule has 1 aliphatic rings. The van der Waals surface area contributed by atoms with Gasteiger partial charge in [-0.3, -0.25) is 4.79 Å². The zero-order valence-corrected chi connectivity index (χ0v) is 17.3. The zero-order chi connectivity index (χ0) is 18.9. The number of ether oxygens (including phenoxy) is 1. The fraction of sp³-hybridized carbons (Fsp3) is 0.714. The second kappa shape index (κ2) is 10.7. The third-order valence-corrected chi connectivity index (χ3v) is 5.94. The standard InChI is InChI=1S/C21H33NO3S/c1-4-5-6-7-11-14-18(23)22-20-19(21(24)25-15(2)3)16-12-9-8-10-13-17(16)26-20/h15H,4-14H2,1-3H3,(H,22,23). The number of rotatable bonds is 9. The van der Waals surface area contributed by atoms with Gasteiger partial charge in [0.15, 0.2) is 0 Å². The summed E-state index contributed by atoms with van der Waals surface area (Å²) in [6, 6.07) is 0. The second-order valence-corrected chi connectivity index (χ2v) is 8.54. The summed E-state index contributed by atoms with van der Waals surface area (Å²) in [5, 5.41) is 3.71. The third kappa shape index (κ3) is 6.11. The van der Waals surface area contributed by atoms with Crippen molar-refractivity contribution in [3.05, 3.63) is 16.0 Å². The van der Waals surface area contributed by atoms with Gasteiger partial charge in [-0.15, -0.1) is 11.3 Å². The summed E-state index contributed by atoms with van der Waals surface area (Å²) in [6.07, 6.45) is 11.3. The van der Waals surface area contributed by atoms with E-state index in [1.165, 1.54) is 30.6 Å². The van der Waals surface area contributed by atoms with E-state index in [1.54, 1.807) is 11.3 Å². The number of fused-ring (bicyclic) bond motifs is 1. The highest BCUT2D eigenvalue weighted by Gasteiger charge is 2.27. The first kappa shape index (κ1) is 20.9. The molecule has 0 fully saturated rings. The van der Waals surface area contributed by atoms with Crippen LogP contribution in [0.25, 0.3) is 0 Å². The largest absolute Gasteiger partial charge is 0.459 e. The monoisotopic (exact) mass is 379 g/mol. The molecule has 1 aliphatic carbocycles. The predicted molar refractivity (Wildman–Crippen MR) is 108 cm³/mol. The molecule has 4 nitrogen and oxygen atoms in total. The number of carbonyl (C=O) groups is 2. The molecule has 1 aromatic rings. The van der Waals surface area contributed by atoms with Crippen LogP contribution in [0.2, 0.25) is 0 Å². The van der Waals surface area contributed by atoms with Crippen molar-refractivity contribution >= 4 is 28.2 Å². The highest BCUT2D eigenvalue weighted by Crippen LogP contribution is 2.38. The number of esters is 1. The van der Waals surface area contributed by atoms with Crippen molar-refractivity contribution in [2.24, 2.45) is 0 Å². The van der Waals surface area contributed by atoms with Crippen molar-refractivity contribution in [1.29, 1.82) is 0 Å². The van der Waals surface area contributed by atoms with E-state index in [1.807, 2.05) is 13.8 Å². The van der Waals surface area contributed by atoms with E-state index < -0.39 is 0 Å². The maximum Gasteiger partial charge on any atom is 0.341 e. The fourth-order valence-electron chi connectivity index (χ4n) is 3.40. The van der Waals surface area contributed by atoms with Crippen LogP contribution in [0.1, 0.15) is 99.4 Å². The van der Waals surface area contributed by atoms with Crippen LogP contribution in [0.5, 0.6) is 0 Å². The van der Waals surface area contributed by atoms with Gasteiger partial charge in [0.05, 0.1) is 11.7 Å². The van der Waals surface area contributed by atoms with Gasteiger partial charge >= 0.3 is 5.97 Å². The van der Waals surface area contributed by atoms with Crippen molar-refractivity contribution in [2.45, 2.75) is 97.5 Å². The lowest BCUT2D eigenvalue weighted by Gasteiger charge is -2.11. The van der Waals surface area contributed by atoms with E-state index in [2.05, 4.69) is 12.2 Å². The molecule has 1 amide bonds. The number of unbranched alkanes of at least 4 members (excludes halogenated alkanes) is 4. The molecule has 146 valence electrons. The quantitative estimate of drug-likeness (QED) is 0.331. The molecule has 0 aliphatic heterocycles. The molecule has 2 rings (SSSR count). The van der Waals surface area contributed by atoms with Gasteiger partial charge in [-0.2, -0.15) is 0 Å². The van der Waals surface area contributed by atoms with Crippen molar-refractivity contribution in [2.75, 3.05) is 5.32 Å². The van der Waals surface area contributed by atoms with Gasteiger partial charge in [-0.1, -0.05) is 39.0 Å². The number of amides is 1. The molecule has 1 aromatic heterocycles. The average Bonchev–Trinajstić information content (AvgIpc) is 2.75. The normalized spacial score (nSPS) is 14.0. The first-order chi connectivity index (χ1) is 12.5. The highest BCUT2D eigenvalue weighted by molar-refractivity contribution is 7.17. The minimum absolute atomic E-state index is 0.0107. The van der Waals surface area contributed by atoms with Crippen molar-refractivity contribution in [3.8, 4) is 0 Å². The summed E-state index contributed by atoms with van der Waals surface area (Å²) in [5.41, 5.74) is 1.72. The maximum absolute atomic E-state index is 12.7. The van der Waals surface area contributed by atoms with E-state index in [0.29, 0.717) is 17.0 Å². The van der Waals surface area contributed by atoms with E-state index in [4.69, 9.17) is 4.74 Å². The smallest absolute Gasteiger partial charge is 0.341 e. The molecule has 0 saturated carbocycles. The molecule has 0 unspecified atom stereocenters. The Kier molecular flexibility index (Phi) is 8.63. The predicted octanol–water partition coefficient (Wildman–Crippen LogP) is 5.88. The van der Waals surface area contributed by atoms with Crippen LogP contribution < -0.4 is 5.32 Å². The van der Waals surface area contributed by atoms with Crippen LogP contribution >= 0.6 is 11.3 Å². The minimum atomic E-state index is -0.294. The fourth-order valence-corrected chi connectivity index (χ4v) is 4.69. The Morgan fingerprint density at radius 3 is 2.54 bits per heavy atom. The third-order valence-electron chi connectivity index (χ3n) is 4.73. The number of thiophene rings is 1. The molecule has 0 atom stereocenters. The number of anilines is 1. The second-order valence-electron chi connectivity index (χ2n) is 7.44. The molecule has 0 bridgehead atoms. The van der Waals surface area contributed by atoms with Gasteiger partial charge in [0.1, 0.15) is 5.00 Å². The summed E-state index contributed by atoms with van der Waals surface area (Å²) < 4.78 is 5.47. The number of nitrogens with one attached hydrogen (secondary N) is 1. The topological polar surface area (TPSA) is 55.4 Å². The molecule has 0 aromatic carbocycles. The molecule has 5 heteroatoms. The first-order valence-corrected chi connectivity index (χ1v) is 11.0. The Hall–Kier alpha value is -1.36. The van der Waals surface area contributed by atoms with Crippen LogP contribution in [-0.4, -0.2) is 18.0 Å². The lowest BCUT2D eigenvalue weighted by atomic mass is 10.1. The van der Waals surface area contributed by atoms with Gasteiger partial charge in [-0.25, -0.2) is 4.79 Å². The SMILES string of the molecule is CCCCCCCC(=O)Nc1sc2c(c1C(=O)OC(C)C)CCCCC2. The molecular weight excluding hydrogens is 346 g/mol. The van der Waals surface area contributed by atoms with E-state index in [9.17, 15) is 9.59 Å². The van der Waals surface area contributed by atoms with Crippen LogP contribution in [-0.2, 0) is 22.4 Å². The van der Waals surface area contributed by atoms with Gasteiger partial charge in [-0.05, 0) is 51.5 Å². The Bertz CT molecular complexity index is 607. The lowest BCUT2D eigenvalue weighted by molar-refractivity contribution is -0.116. The van der Waals surface area contributed by atoms with E-state index >= 15 is 0 Å². The zero-order valence-electron chi connectivity index (χ0n) is 16.5.